The molecule has 0 fully saturated rings. The first kappa shape index (κ1) is 10.8. The largest absolute Gasteiger partial charge is 0.343 e. The predicted molar refractivity (Wildman–Crippen MR) is 47.5 cm³/mol. The molecule has 3 heteroatoms. The first-order valence-corrected chi connectivity index (χ1v) is 5.96. The fourth-order valence-corrected chi connectivity index (χ4v) is 1.55. The number of carbonyl (C=O) groups is 1. The van der Waals surface area contributed by atoms with Crippen molar-refractivity contribution < 1.29 is 9.36 Å². The van der Waals surface area contributed by atoms with E-state index in [2.05, 4.69) is 6.92 Å². The highest BCUT2D eigenvalue weighted by molar-refractivity contribution is 7.44. The summed E-state index contributed by atoms with van der Waals surface area (Å²) >= 11 is 0. The standard InChI is InChI=1S/C8H16O2P/c1-3-4-5-6-8(9)7-11(2)10/h3-7H2,1-2H3/q+1. The van der Waals surface area contributed by atoms with E-state index in [0.717, 1.165) is 19.3 Å². The molecule has 0 saturated heterocycles. The van der Waals surface area contributed by atoms with Crippen LogP contribution in [-0.4, -0.2) is 18.6 Å². The average Bonchev–Trinajstić information content (AvgIpc) is 1.86. The summed E-state index contributed by atoms with van der Waals surface area (Å²) in [4.78, 5) is 10.9. The molecule has 1 atom stereocenters. The predicted octanol–water partition coefficient (Wildman–Crippen LogP) is 2.59. The van der Waals surface area contributed by atoms with Crippen molar-refractivity contribution in [3.8, 4) is 0 Å². The van der Waals surface area contributed by atoms with Gasteiger partial charge < -0.3 is 0 Å². The molecular weight excluding hydrogens is 159 g/mol. The Morgan fingerprint density at radius 1 is 1.36 bits per heavy atom. The number of hydrogen-bond donors (Lipinski definition) is 0. The van der Waals surface area contributed by atoms with E-state index in [9.17, 15) is 9.36 Å². The zero-order valence-electron chi connectivity index (χ0n) is 7.30. The zero-order chi connectivity index (χ0) is 8.69. The molecular formula is C8H16O2P+. The van der Waals surface area contributed by atoms with Gasteiger partial charge in [-0.3, -0.25) is 4.79 Å². The van der Waals surface area contributed by atoms with Gasteiger partial charge in [-0.1, -0.05) is 24.3 Å². The first-order chi connectivity index (χ1) is 5.16. The quantitative estimate of drug-likeness (QED) is 0.459. The van der Waals surface area contributed by atoms with E-state index in [1.165, 1.54) is 0 Å². The highest BCUT2D eigenvalue weighted by Crippen LogP contribution is 2.14. The van der Waals surface area contributed by atoms with Crippen LogP contribution in [0.4, 0.5) is 0 Å². The van der Waals surface area contributed by atoms with E-state index >= 15 is 0 Å². The van der Waals surface area contributed by atoms with E-state index in [1.54, 1.807) is 6.66 Å². The molecule has 64 valence electrons. The molecule has 0 aromatic rings. The van der Waals surface area contributed by atoms with Gasteiger partial charge in [-0.25, -0.2) is 0 Å². The summed E-state index contributed by atoms with van der Waals surface area (Å²) in [5.41, 5.74) is 0. The molecule has 0 aliphatic carbocycles. The van der Waals surface area contributed by atoms with Crippen LogP contribution < -0.4 is 0 Å². The monoisotopic (exact) mass is 175 g/mol. The molecule has 0 bridgehead atoms. The minimum Gasteiger partial charge on any atom is -0.295 e. The van der Waals surface area contributed by atoms with Gasteiger partial charge in [0.05, 0.1) is 0 Å². The van der Waals surface area contributed by atoms with Gasteiger partial charge in [-0.05, 0) is 6.42 Å². The van der Waals surface area contributed by atoms with Crippen LogP contribution in [0.15, 0.2) is 0 Å². The summed E-state index contributed by atoms with van der Waals surface area (Å²) in [6.07, 6.45) is 4.08. The Labute approximate surface area is 69.2 Å². The van der Waals surface area contributed by atoms with E-state index in [-0.39, 0.29) is 11.9 Å². The van der Waals surface area contributed by atoms with Crippen molar-refractivity contribution in [1.29, 1.82) is 0 Å². The van der Waals surface area contributed by atoms with E-state index in [0.29, 0.717) is 6.42 Å². The molecule has 0 amide bonds. The van der Waals surface area contributed by atoms with Crippen LogP contribution in [-0.2, 0) is 9.36 Å². The SMILES string of the molecule is CCCCCC(=O)C[P+](C)=O. The average molecular weight is 175 g/mol. The second-order valence-electron chi connectivity index (χ2n) is 2.78. The molecule has 0 aromatic carbocycles. The Hall–Kier alpha value is -0.230. The lowest BCUT2D eigenvalue weighted by Gasteiger charge is -1.92. The summed E-state index contributed by atoms with van der Waals surface area (Å²) in [6, 6.07) is 0. The fourth-order valence-electron chi connectivity index (χ4n) is 0.900. The van der Waals surface area contributed by atoms with Crippen molar-refractivity contribution in [3.63, 3.8) is 0 Å². The van der Waals surface area contributed by atoms with Gasteiger partial charge in [0.25, 0.3) is 0 Å². The summed E-state index contributed by atoms with van der Waals surface area (Å²) < 4.78 is 10.6. The van der Waals surface area contributed by atoms with Gasteiger partial charge in [0, 0.05) is 6.42 Å². The molecule has 0 aromatic heterocycles. The van der Waals surface area contributed by atoms with Crippen LogP contribution in [0.25, 0.3) is 0 Å². The number of unbranched alkanes of at least 4 members (excludes halogenated alkanes) is 2. The van der Waals surface area contributed by atoms with Crippen molar-refractivity contribution in [1.82, 2.24) is 0 Å². The van der Waals surface area contributed by atoms with Gasteiger partial charge in [0.15, 0.2) is 5.78 Å². The Balaban J connectivity index is 3.30. The second kappa shape index (κ2) is 6.48. The summed E-state index contributed by atoms with van der Waals surface area (Å²) in [5.74, 6) is 0.155. The third-order valence-corrected chi connectivity index (χ3v) is 2.26. The minimum atomic E-state index is -1.26. The number of Topliss-reactive ketones (excluding diaryl/α,β-unsaturated/α-hetero) is 1. The zero-order valence-corrected chi connectivity index (χ0v) is 8.19. The molecule has 0 heterocycles. The lowest BCUT2D eigenvalue weighted by Crippen LogP contribution is -2.00. The lowest BCUT2D eigenvalue weighted by atomic mass is 10.2. The van der Waals surface area contributed by atoms with Crippen LogP contribution in [0.2, 0.25) is 0 Å². The normalized spacial score (nSPS) is 11.3. The van der Waals surface area contributed by atoms with E-state index in [1.807, 2.05) is 0 Å². The minimum absolute atomic E-state index is 0.155. The molecule has 0 N–H and O–H groups in total. The van der Waals surface area contributed by atoms with Crippen molar-refractivity contribution in [2.75, 3.05) is 12.8 Å². The maximum atomic E-state index is 10.9. The highest BCUT2D eigenvalue weighted by Gasteiger charge is 2.12. The van der Waals surface area contributed by atoms with Gasteiger partial charge in [-0.15, -0.1) is 0 Å². The Morgan fingerprint density at radius 2 is 2.00 bits per heavy atom. The van der Waals surface area contributed by atoms with Gasteiger partial charge in [0.2, 0.25) is 6.16 Å². The molecule has 0 spiro atoms. The topological polar surface area (TPSA) is 34.1 Å². The fraction of sp³-hybridized carbons (Fsp3) is 0.875. The summed E-state index contributed by atoms with van der Waals surface area (Å²) in [7, 11) is -1.26. The van der Waals surface area contributed by atoms with Gasteiger partial charge >= 0.3 is 7.80 Å². The van der Waals surface area contributed by atoms with Crippen LogP contribution in [0.3, 0.4) is 0 Å². The van der Waals surface area contributed by atoms with Crippen molar-refractivity contribution >= 4 is 13.6 Å². The van der Waals surface area contributed by atoms with Gasteiger partial charge in [-0.2, -0.15) is 0 Å². The third-order valence-electron chi connectivity index (χ3n) is 1.46. The maximum Gasteiger partial charge on any atom is 0.343 e. The summed E-state index contributed by atoms with van der Waals surface area (Å²) in [5, 5.41) is 0. The molecule has 11 heavy (non-hydrogen) atoms. The van der Waals surface area contributed by atoms with Crippen molar-refractivity contribution in [3.05, 3.63) is 0 Å². The molecule has 0 aliphatic rings. The highest BCUT2D eigenvalue weighted by atomic mass is 31.1. The van der Waals surface area contributed by atoms with Crippen molar-refractivity contribution in [2.45, 2.75) is 32.6 Å². The number of hydrogen-bond acceptors (Lipinski definition) is 2. The Morgan fingerprint density at radius 3 is 2.45 bits per heavy atom. The van der Waals surface area contributed by atoms with Crippen molar-refractivity contribution in [2.24, 2.45) is 0 Å². The lowest BCUT2D eigenvalue weighted by molar-refractivity contribution is -0.116. The Kier molecular flexibility index (Phi) is 6.34. The molecule has 0 radical (unpaired) electrons. The number of ketones is 1. The van der Waals surface area contributed by atoms with E-state index < -0.39 is 7.80 Å². The Bertz CT molecular complexity index is 143. The maximum absolute atomic E-state index is 10.9. The van der Waals surface area contributed by atoms with Crippen LogP contribution >= 0.6 is 7.80 Å². The molecule has 0 aliphatic heterocycles. The van der Waals surface area contributed by atoms with Gasteiger partial charge in [0.1, 0.15) is 6.66 Å². The van der Waals surface area contributed by atoms with Crippen LogP contribution in [0.5, 0.6) is 0 Å². The number of rotatable bonds is 6. The summed E-state index contributed by atoms with van der Waals surface area (Å²) in [6.45, 7) is 3.71. The van der Waals surface area contributed by atoms with E-state index in [4.69, 9.17) is 0 Å². The molecule has 0 rings (SSSR count). The van der Waals surface area contributed by atoms with Crippen LogP contribution in [0, 0.1) is 0 Å². The first-order valence-electron chi connectivity index (χ1n) is 4.06. The second-order valence-corrected chi connectivity index (χ2v) is 4.35. The van der Waals surface area contributed by atoms with Crippen LogP contribution in [0.1, 0.15) is 32.6 Å². The molecule has 0 saturated carbocycles. The third kappa shape index (κ3) is 7.67. The molecule has 1 unspecified atom stereocenters. The number of carbonyl (C=O) groups excluding carboxylic acids is 1. The molecule has 2 nitrogen and oxygen atoms in total. The smallest absolute Gasteiger partial charge is 0.295 e.